The number of nitrogens with two attached hydrogens (primary N) is 1. The van der Waals surface area contributed by atoms with Gasteiger partial charge in [-0.25, -0.2) is 9.97 Å². The lowest BCUT2D eigenvalue weighted by Gasteiger charge is -1.99. The van der Waals surface area contributed by atoms with E-state index in [0.29, 0.717) is 10.8 Å². The van der Waals surface area contributed by atoms with Crippen molar-refractivity contribution in [3.8, 4) is 0 Å². The second kappa shape index (κ2) is 4.99. The summed E-state index contributed by atoms with van der Waals surface area (Å²) in [6.07, 6.45) is 0.835. The number of halogens is 1. The highest BCUT2D eigenvalue weighted by Gasteiger charge is 2.07. The van der Waals surface area contributed by atoms with Crippen LogP contribution in [-0.2, 0) is 6.42 Å². The summed E-state index contributed by atoms with van der Waals surface area (Å²) < 4.78 is 5.05. The van der Waals surface area contributed by atoms with Crippen LogP contribution in [0.5, 0.6) is 0 Å². The zero-order valence-corrected chi connectivity index (χ0v) is 10.9. The van der Waals surface area contributed by atoms with E-state index in [1.165, 1.54) is 23.3 Å². The number of aryl methyl sites for hydroxylation is 1. The summed E-state index contributed by atoms with van der Waals surface area (Å²) in [7, 11) is 0. The van der Waals surface area contributed by atoms with Gasteiger partial charge < -0.3 is 5.73 Å². The number of hydrogen-bond acceptors (Lipinski definition) is 6. The van der Waals surface area contributed by atoms with Gasteiger partial charge in [0.1, 0.15) is 16.0 Å². The van der Waals surface area contributed by atoms with E-state index in [1.54, 1.807) is 12.1 Å². The third-order valence-corrected chi connectivity index (χ3v) is 3.65. The maximum atomic E-state index is 5.81. The minimum Gasteiger partial charge on any atom is -0.399 e. The van der Waals surface area contributed by atoms with Gasteiger partial charge in [-0.1, -0.05) is 18.5 Å². The Bertz CT molecular complexity index is 480. The second-order valence-corrected chi connectivity index (χ2v) is 5.40. The highest BCUT2D eigenvalue weighted by Crippen LogP contribution is 2.29. The number of nitrogens with zero attached hydrogens (tertiary/aromatic N) is 3. The molecule has 0 aliphatic heterocycles. The van der Waals surface area contributed by atoms with Crippen LogP contribution in [0.15, 0.2) is 21.5 Å². The molecule has 0 aliphatic carbocycles. The van der Waals surface area contributed by atoms with Crippen LogP contribution in [0.1, 0.15) is 12.7 Å². The molecule has 0 saturated heterocycles. The monoisotopic (exact) mass is 272 g/mol. The number of pyridine rings is 1. The quantitative estimate of drug-likeness (QED) is 0.871. The predicted octanol–water partition coefficient (Wildman–Crippen LogP) is 2.88. The molecule has 0 atom stereocenters. The molecule has 4 nitrogen and oxygen atoms in total. The average Bonchev–Trinajstić information content (AvgIpc) is 2.64. The van der Waals surface area contributed by atoms with Crippen LogP contribution < -0.4 is 5.73 Å². The molecule has 0 aliphatic rings. The Morgan fingerprint density at radius 2 is 2.25 bits per heavy atom. The van der Waals surface area contributed by atoms with E-state index in [0.717, 1.165) is 21.6 Å². The van der Waals surface area contributed by atoms with Crippen LogP contribution in [0, 0.1) is 0 Å². The first-order valence-electron chi connectivity index (χ1n) is 4.61. The summed E-state index contributed by atoms with van der Waals surface area (Å²) in [5.41, 5.74) is 6.27. The molecule has 0 spiro atoms. The molecule has 2 heterocycles. The van der Waals surface area contributed by atoms with E-state index in [-0.39, 0.29) is 0 Å². The van der Waals surface area contributed by atoms with Crippen molar-refractivity contribution in [2.45, 2.75) is 22.7 Å². The molecule has 7 heteroatoms. The van der Waals surface area contributed by atoms with E-state index in [2.05, 4.69) is 14.3 Å². The number of rotatable bonds is 3. The molecule has 2 aromatic heterocycles. The van der Waals surface area contributed by atoms with E-state index in [4.69, 9.17) is 17.3 Å². The van der Waals surface area contributed by atoms with Crippen molar-refractivity contribution in [2.75, 3.05) is 5.73 Å². The van der Waals surface area contributed by atoms with Gasteiger partial charge in [0.2, 0.25) is 0 Å². The van der Waals surface area contributed by atoms with Crippen molar-refractivity contribution >= 4 is 40.6 Å². The van der Waals surface area contributed by atoms with Gasteiger partial charge in [-0.3, -0.25) is 0 Å². The summed E-state index contributed by atoms with van der Waals surface area (Å²) in [5.74, 6) is 0.850. The molecular weight excluding hydrogens is 264 g/mol. The number of hydrogen-bond donors (Lipinski definition) is 1. The topological polar surface area (TPSA) is 64.7 Å². The molecule has 0 bridgehead atoms. The van der Waals surface area contributed by atoms with Crippen LogP contribution >= 0.6 is 34.9 Å². The van der Waals surface area contributed by atoms with E-state index < -0.39 is 0 Å². The lowest BCUT2D eigenvalue weighted by Crippen LogP contribution is -1.88. The number of aromatic nitrogens is 3. The second-order valence-electron chi connectivity index (χ2n) is 2.99. The summed E-state index contributed by atoms with van der Waals surface area (Å²) in [6.45, 7) is 2.02. The molecule has 2 N–H and O–H groups in total. The molecule has 0 unspecified atom stereocenters. The Kier molecular flexibility index (Phi) is 3.63. The molecule has 0 radical (unpaired) electrons. The average molecular weight is 273 g/mol. The number of nitrogen functional groups attached to an aromatic ring is 1. The molecular formula is C9H9ClN4S2. The number of anilines is 1. The van der Waals surface area contributed by atoms with Crippen molar-refractivity contribution in [2.24, 2.45) is 0 Å². The SMILES string of the molecule is CCc1nsc(Sc2cc(N)cc(Cl)n2)n1. The van der Waals surface area contributed by atoms with Crippen LogP contribution in [0.25, 0.3) is 0 Å². The molecule has 0 aromatic carbocycles. The predicted molar refractivity (Wildman–Crippen MR) is 67.1 cm³/mol. The zero-order chi connectivity index (χ0) is 11.5. The van der Waals surface area contributed by atoms with Gasteiger partial charge >= 0.3 is 0 Å². The molecule has 84 valence electrons. The Morgan fingerprint density at radius 3 is 2.88 bits per heavy atom. The molecule has 2 aromatic rings. The van der Waals surface area contributed by atoms with Gasteiger partial charge in [0.05, 0.1) is 0 Å². The van der Waals surface area contributed by atoms with Crippen molar-refractivity contribution < 1.29 is 0 Å². The normalized spacial score (nSPS) is 10.6. The van der Waals surface area contributed by atoms with Gasteiger partial charge in [-0.15, -0.1) is 0 Å². The van der Waals surface area contributed by atoms with Crippen molar-refractivity contribution in [3.63, 3.8) is 0 Å². The molecule has 0 amide bonds. The Hall–Kier alpha value is -0.850. The van der Waals surface area contributed by atoms with Crippen molar-refractivity contribution in [1.29, 1.82) is 0 Å². The third-order valence-electron chi connectivity index (χ3n) is 1.75. The van der Waals surface area contributed by atoms with Crippen molar-refractivity contribution in [1.82, 2.24) is 14.3 Å². The van der Waals surface area contributed by atoms with Crippen LogP contribution in [0.3, 0.4) is 0 Å². The summed E-state index contributed by atoms with van der Waals surface area (Å²) in [5, 5.41) is 1.13. The maximum absolute atomic E-state index is 5.81. The molecule has 2 rings (SSSR count). The highest BCUT2D eigenvalue weighted by molar-refractivity contribution is 8.00. The molecule has 0 saturated carbocycles. The van der Waals surface area contributed by atoms with Crippen LogP contribution in [0.4, 0.5) is 5.69 Å². The van der Waals surface area contributed by atoms with Crippen LogP contribution in [-0.4, -0.2) is 14.3 Å². The van der Waals surface area contributed by atoms with Gasteiger partial charge in [0.15, 0.2) is 4.34 Å². The largest absolute Gasteiger partial charge is 0.399 e. The smallest absolute Gasteiger partial charge is 0.176 e. The first-order chi connectivity index (χ1) is 7.67. The Morgan fingerprint density at radius 1 is 1.44 bits per heavy atom. The molecule has 16 heavy (non-hydrogen) atoms. The van der Waals surface area contributed by atoms with Crippen LogP contribution in [0.2, 0.25) is 5.15 Å². The summed E-state index contributed by atoms with van der Waals surface area (Å²) >= 11 is 8.59. The van der Waals surface area contributed by atoms with E-state index in [1.807, 2.05) is 6.92 Å². The molecule has 0 fully saturated rings. The van der Waals surface area contributed by atoms with Gasteiger partial charge in [-0.05, 0) is 35.4 Å². The van der Waals surface area contributed by atoms with Gasteiger partial charge in [0.25, 0.3) is 0 Å². The summed E-state index contributed by atoms with van der Waals surface area (Å²) in [4.78, 5) is 8.48. The van der Waals surface area contributed by atoms with E-state index >= 15 is 0 Å². The summed E-state index contributed by atoms with van der Waals surface area (Å²) in [6, 6.07) is 3.38. The lowest BCUT2D eigenvalue weighted by molar-refractivity contribution is 0.970. The first kappa shape index (κ1) is 11.6. The van der Waals surface area contributed by atoms with Gasteiger partial charge in [0, 0.05) is 12.1 Å². The fourth-order valence-corrected chi connectivity index (χ4v) is 3.01. The maximum Gasteiger partial charge on any atom is 0.176 e. The zero-order valence-electron chi connectivity index (χ0n) is 8.48. The van der Waals surface area contributed by atoms with Crippen molar-refractivity contribution in [3.05, 3.63) is 23.1 Å². The fraction of sp³-hybridized carbons (Fsp3) is 0.222. The minimum absolute atomic E-state index is 0.391. The van der Waals surface area contributed by atoms with Gasteiger partial charge in [-0.2, -0.15) is 4.37 Å². The highest BCUT2D eigenvalue weighted by atomic mass is 35.5. The minimum atomic E-state index is 0.391. The Balaban J connectivity index is 2.19. The Labute approximate surface area is 106 Å². The standard InChI is InChI=1S/C9H9ClN4S2/c1-2-7-13-9(16-14-7)15-8-4-5(11)3-6(10)12-8/h3-4H,2H2,1H3,(H2,11,12). The van der Waals surface area contributed by atoms with E-state index in [9.17, 15) is 0 Å². The third kappa shape index (κ3) is 2.84. The first-order valence-corrected chi connectivity index (χ1v) is 6.57. The lowest BCUT2D eigenvalue weighted by atomic mass is 10.4. The fourth-order valence-electron chi connectivity index (χ4n) is 1.06.